The molecule has 0 aliphatic carbocycles. The molecule has 1 rings (SSSR count). The first-order chi connectivity index (χ1) is 6.42. The highest BCUT2D eigenvalue weighted by atomic mass is 79.9. The van der Waals surface area contributed by atoms with Gasteiger partial charge in [-0.15, -0.1) is 13.2 Å². The second kappa shape index (κ2) is 4.16. The van der Waals surface area contributed by atoms with Crippen LogP contribution in [0, 0.1) is 0 Å². The number of rotatable bonds is 2. The second-order valence-electron chi connectivity index (χ2n) is 2.45. The van der Waals surface area contributed by atoms with Crippen molar-refractivity contribution in [2.24, 2.45) is 0 Å². The average Bonchev–Trinajstić information content (AvgIpc) is 2.06. The molecule has 0 bridgehead atoms. The molecule has 0 unspecified atom stereocenters. The number of benzene rings is 1. The summed E-state index contributed by atoms with van der Waals surface area (Å²) in [5.41, 5.74) is 0.284. The quantitative estimate of drug-likeness (QED) is 0.744. The Bertz CT molecular complexity index is 324. The zero-order valence-corrected chi connectivity index (χ0v) is 8.32. The molecule has 0 saturated heterocycles. The lowest BCUT2D eigenvalue weighted by Crippen LogP contribution is -2.17. The van der Waals surface area contributed by atoms with Crippen LogP contribution in [0.2, 0.25) is 0 Å². The monoisotopic (exact) mass is 272 g/mol. The minimum atomic E-state index is -4.74. The third-order valence-corrected chi connectivity index (χ3v) is 2.00. The second-order valence-corrected chi connectivity index (χ2v) is 3.30. The standard InChI is InChI=1S/C8H5BrF4O/c9-6-3-5(4-10)1-2-7(6)14-8(11,12)13/h1-3H,4H2. The topological polar surface area (TPSA) is 9.23 Å². The van der Waals surface area contributed by atoms with Crippen LogP contribution in [0.1, 0.15) is 5.56 Å². The average molecular weight is 273 g/mol. The molecule has 1 aromatic carbocycles. The lowest BCUT2D eigenvalue weighted by atomic mass is 10.2. The number of hydrogen-bond donors (Lipinski definition) is 0. The molecule has 0 amide bonds. The van der Waals surface area contributed by atoms with Crippen LogP contribution in [0.25, 0.3) is 0 Å². The van der Waals surface area contributed by atoms with Gasteiger partial charge < -0.3 is 4.74 Å². The van der Waals surface area contributed by atoms with Crippen LogP contribution in [-0.4, -0.2) is 6.36 Å². The van der Waals surface area contributed by atoms with Crippen LogP contribution >= 0.6 is 15.9 Å². The smallest absolute Gasteiger partial charge is 0.405 e. The summed E-state index contributed by atoms with van der Waals surface area (Å²) >= 11 is 2.85. The van der Waals surface area contributed by atoms with Gasteiger partial charge in [0, 0.05) is 0 Å². The summed E-state index contributed by atoms with van der Waals surface area (Å²) in [7, 11) is 0. The molecule has 0 aliphatic heterocycles. The zero-order valence-electron chi connectivity index (χ0n) is 6.74. The highest BCUT2D eigenvalue weighted by Crippen LogP contribution is 2.31. The Morgan fingerprint density at radius 3 is 2.36 bits per heavy atom. The summed E-state index contributed by atoms with van der Waals surface area (Å²) < 4.78 is 51.2. The summed E-state index contributed by atoms with van der Waals surface area (Å²) in [5, 5.41) is 0. The zero-order chi connectivity index (χ0) is 10.8. The van der Waals surface area contributed by atoms with Crippen LogP contribution in [0.15, 0.2) is 22.7 Å². The molecule has 0 radical (unpaired) electrons. The first-order valence-corrected chi connectivity index (χ1v) is 4.32. The first kappa shape index (κ1) is 11.3. The Balaban J connectivity index is 2.89. The number of halogens is 5. The van der Waals surface area contributed by atoms with Crippen LogP contribution in [0.4, 0.5) is 17.6 Å². The van der Waals surface area contributed by atoms with Gasteiger partial charge in [-0.2, -0.15) is 0 Å². The van der Waals surface area contributed by atoms with Gasteiger partial charge in [0.15, 0.2) is 0 Å². The molecule has 0 atom stereocenters. The first-order valence-electron chi connectivity index (χ1n) is 3.52. The van der Waals surface area contributed by atoms with Crippen molar-refractivity contribution in [1.82, 2.24) is 0 Å². The van der Waals surface area contributed by atoms with Crippen LogP contribution in [0.3, 0.4) is 0 Å². The maximum atomic E-state index is 12.1. The van der Waals surface area contributed by atoms with Gasteiger partial charge in [-0.1, -0.05) is 6.07 Å². The highest BCUT2D eigenvalue weighted by Gasteiger charge is 2.31. The maximum Gasteiger partial charge on any atom is 0.573 e. The minimum Gasteiger partial charge on any atom is -0.405 e. The molecule has 0 heterocycles. The predicted molar refractivity (Wildman–Crippen MR) is 45.6 cm³/mol. The van der Waals surface area contributed by atoms with Crippen LogP contribution in [-0.2, 0) is 6.67 Å². The van der Waals surface area contributed by atoms with Gasteiger partial charge in [-0.25, -0.2) is 4.39 Å². The lowest BCUT2D eigenvalue weighted by molar-refractivity contribution is -0.274. The van der Waals surface area contributed by atoms with Gasteiger partial charge in [0.05, 0.1) is 4.47 Å². The Kier molecular flexibility index (Phi) is 3.36. The summed E-state index contributed by atoms with van der Waals surface area (Å²) in [4.78, 5) is 0. The van der Waals surface area contributed by atoms with E-state index in [1.165, 1.54) is 12.1 Å². The summed E-state index contributed by atoms with van der Waals surface area (Å²) in [6, 6.07) is 3.53. The van der Waals surface area contributed by atoms with Gasteiger partial charge in [-0.05, 0) is 33.6 Å². The van der Waals surface area contributed by atoms with E-state index in [2.05, 4.69) is 20.7 Å². The Morgan fingerprint density at radius 1 is 1.29 bits per heavy atom. The van der Waals surface area contributed by atoms with Crippen molar-refractivity contribution in [3.8, 4) is 5.75 Å². The van der Waals surface area contributed by atoms with Crippen molar-refractivity contribution in [2.75, 3.05) is 0 Å². The maximum absolute atomic E-state index is 12.1. The van der Waals surface area contributed by atoms with Crippen molar-refractivity contribution in [3.63, 3.8) is 0 Å². The van der Waals surface area contributed by atoms with E-state index in [4.69, 9.17) is 0 Å². The Hall–Kier alpha value is -0.780. The Morgan fingerprint density at radius 2 is 1.93 bits per heavy atom. The van der Waals surface area contributed by atoms with E-state index in [9.17, 15) is 17.6 Å². The minimum absolute atomic E-state index is 0.0741. The van der Waals surface area contributed by atoms with Crippen molar-refractivity contribution in [3.05, 3.63) is 28.2 Å². The SMILES string of the molecule is FCc1ccc(OC(F)(F)F)c(Br)c1. The summed E-state index contributed by atoms with van der Waals surface area (Å²) in [5.74, 6) is -0.380. The number of alkyl halides is 4. The molecule has 0 aromatic heterocycles. The summed E-state index contributed by atoms with van der Waals surface area (Å²) in [6.07, 6.45) is -4.74. The van der Waals surface area contributed by atoms with E-state index in [-0.39, 0.29) is 15.8 Å². The molecule has 0 aliphatic rings. The molecule has 0 saturated carbocycles. The molecule has 1 nitrogen and oxygen atoms in total. The Labute approximate surface area is 85.8 Å². The highest BCUT2D eigenvalue weighted by molar-refractivity contribution is 9.10. The molecule has 0 spiro atoms. The van der Waals surface area contributed by atoms with E-state index >= 15 is 0 Å². The number of hydrogen-bond acceptors (Lipinski definition) is 1. The molecule has 6 heteroatoms. The molecular weight excluding hydrogens is 268 g/mol. The predicted octanol–water partition coefficient (Wildman–Crippen LogP) is 3.82. The van der Waals surface area contributed by atoms with Gasteiger partial charge in [0.25, 0.3) is 0 Å². The molecule has 1 aromatic rings. The third-order valence-electron chi connectivity index (χ3n) is 1.38. The lowest BCUT2D eigenvalue weighted by Gasteiger charge is -2.10. The molecular formula is C8H5BrF4O. The van der Waals surface area contributed by atoms with Crippen LogP contribution < -0.4 is 4.74 Å². The largest absolute Gasteiger partial charge is 0.573 e. The third kappa shape index (κ3) is 3.17. The fourth-order valence-corrected chi connectivity index (χ4v) is 1.34. The van der Waals surface area contributed by atoms with Gasteiger partial charge in [0.1, 0.15) is 12.4 Å². The van der Waals surface area contributed by atoms with Crippen molar-refractivity contribution < 1.29 is 22.3 Å². The molecule has 0 N–H and O–H groups in total. The number of ether oxygens (including phenoxy) is 1. The normalized spacial score (nSPS) is 11.5. The van der Waals surface area contributed by atoms with E-state index in [1.54, 1.807) is 0 Å². The van der Waals surface area contributed by atoms with Crippen molar-refractivity contribution >= 4 is 15.9 Å². The van der Waals surface area contributed by atoms with E-state index in [0.717, 1.165) is 6.07 Å². The van der Waals surface area contributed by atoms with Gasteiger partial charge in [-0.3, -0.25) is 0 Å². The van der Waals surface area contributed by atoms with Gasteiger partial charge >= 0.3 is 6.36 Å². The van der Waals surface area contributed by atoms with Gasteiger partial charge in [0.2, 0.25) is 0 Å². The molecule has 0 fully saturated rings. The van der Waals surface area contributed by atoms with E-state index in [1.807, 2.05) is 0 Å². The van der Waals surface area contributed by atoms with Crippen molar-refractivity contribution in [2.45, 2.75) is 13.0 Å². The molecule has 14 heavy (non-hydrogen) atoms. The van der Waals surface area contributed by atoms with Crippen LogP contribution in [0.5, 0.6) is 5.75 Å². The molecule has 78 valence electrons. The van der Waals surface area contributed by atoms with Crippen molar-refractivity contribution in [1.29, 1.82) is 0 Å². The summed E-state index contributed by atoms with van der Waals surface area (Å²) in [6.45, 7) is -0.731. The fraction of sp³-hybridized carbons (Fsp3) is 0.250. The van der Waals surface area contributed by atoms with E-state index < -0.39 is 13.0 Å². The van der Waals surface area contributed by atoms with E-state index in [0.29, 0.717) is 0 Å². The fourth-order valence-electron chi connectivity index (χ4n) is 0.835.